The minimum atomic E-state index is -0.194. The number of amides is 1. The monoisotopic (exact) mass is 471 g/mol. The van der Waals surface area contributed by atoms with Gasteiger partial charge in [0, 0.05) is 18.3 Å². The van der Waals surface area contributed by atoms with E-state index in [9.17, 15) is 9.59 Å². The van der Waals surface area contributed by atoms with E-state index in [1.807, 2.05) is 38.1 Å². The number of fused-ring (bicyclic) bond motifs is 2. The van der Waals surface area contributed by atoms with Crippen LogP contribution in [0.25, 0.3) is 21.3 Å². The first-order chi connectivity index (χ1) is 15.5. The number of aryl methyl sites for hydroxylation is 1. The number of rotatable bonds is 9. The molecule has 0 fully saturated rings. The summed E-state index contributed by atoms with van der Waals surface area (Å²) in [6.45, 7) is 7.06. The van der Waals surface area contributed by atoms with Crippen LogP contribution in [0.2, 0.25) is 0 Å². The van der Waals surface area contributed by atoms with Crippen LogP contribution in [0.15, 0.2) is 34.2 Å². The smallest absolute Gasteiger partial charge is 0.278 e. The SMILES string of the molecule is CCCCn1c(SCC(=O)Nc2nc3cc(OCC)ccc3s2)nc2cc(C)[nH]c2c1=O. The molecule has 4 aromatic rings. The van der Waals surface area contributed by atoms with Crippen molar-refractivity contribution in [2.24, 2.45) is 0 Å². The van der Waals surface area contributed by atoms with Gasteiger partial charge in [0.15, 0.2) is 10.3 Å². The molecular weight excluding hydrogens is 446 g/mol. The van der Waals surface area contributed by atoms with E-state index in [4.69, 9.17) is 4.74 Å². The van der Waals surface area contributed by atoms with Gasteiger partial charge < -0.3 is 15.0 Å². The number of aromatic nitrogens is 4. The van der Waals surface area contributed by atoms with Gasteiger partial charge in [0.05, 0.1) is 28.1 Å². The second-order valence-corrected chi connectivity index (χ2v) is 9.31. The summed E-state index contributed by atoms with van der Waals surface area (Å²) in [4.78, 5) is 37.8. The Labute approximate surface area is 193 Å². The number of ether oxygens (including phenoxy) is 1. The fraction of sp³-hybridized carbons (Fsp3) is 0.364. The molecule has 0 aliphatic rings. The summed E-state index contributed by atoms with van der Waals surface area (Å²) in [6, 6.07) is 7.55. The molecule has 10 heteroatoms. The zero-order valence-corrected chi connectivity index (χ0v) is 19.9. The van der Waals surface area contributed by atoms with E-state index in [0.29, 0.717) is 34.5 Å². The van der Waals surface area contributed by atoms with Crippen LogP contribution in [0.4, 0.5) is 5.13 Å². The Morgan fingerprint density at radius 3 is 2.88 bits per heavy atom. The fourth-order valence-electron chi connectivity index (χ4n) is 3.34. The zero-order valence-electron chi connectivity index (χ0n) is 18.2. The lowest BCUT2D eigenvalue weighted by atomic mass is 10.3. The lowest BCUT2D eigenvalue weighted by Gasteiger charge is -2.11. The van der Waals surface area contributed by atoms with Gasteiger partial charge in [-0.25, -0.2) is 9.97 Å². The molecule has 2 N–H and O–H groups in total. The van der Waals surface area contributed by atoms with Gasteiger partial charge >= 0.3 is 0 Å². The number of carbonyl (C=O) groups is 1. The summed E-state index contributed by atoms with van der Waals surface area (Å²) in [5.74, 6) is 0.694. The third-order valence-corrected chi connectivity index (χ3v) is 6.75. The molecule has 0 atom stereocenters. The maximum Gasteiger partial charge on any atom is 0.278 e. The Morgan fingerprint density at radius 2 is 2.09 bits per heavy atom. The number of H-pyrrole nitrogens is 1. The predicted molar refractivity (Wildman–Crippen MR) is 130 cm³/mol. The number of unbranched alkanes of at least 4 members (excludes halogenated alkanes) is 1. The molecule has 0 saturated carbocycles. The highest BCUT2D eigenvalue weighted by atomic mass is 32.2. The van der Waals surface area contributed by atoms with Crippen molar-refractivity contribution < 1.29 is 9.53 Å². The maximum atomic E-state index is 12.9. The molecule has 3 aromatic heterocycles. The zero-order chi connectivity index (χ0) is 22.7. The summed E-state index contributed by atoms with van der Waals surface area (Å²) in [7, 11) is 0. The quantitative estimate of drug-likeness (QED) is 0.274. The lowest BCUT2D eigenvalue weighted by Crippen LogP contribution is -2.24. The standard InChI is InChI=1S/C22H25N5O3S2/c1-4-6-9-27-20(29)19-16(10-13(3)23-19)25-22(27)31-12-18(28)26-21-24-15-11-14(30-5-2)7-8-17(15)32-21/h7-8,10-11,23H,4-6,9,12H2,1-3H3,(H,24,26,28). The van der Waals surface area contributed by atoms with Crippen molar-refractivity contribution in [3.63, 3.8) is 0 Å². The van der Waals surface area contributed by atoms with Gasteiger partial charge in [0.2, 0.25) is 5.91 Å². The van der Waals surface area contributed by atoms with Gasteiger partial charge in [-0.05, 0) is 38.5 Å². The van der Waals surface area contributed by atoms with E-state index in [1.165, 1.54) is 23.1 Å². The molecule has 0 aliphatic carbocycles. The fourth-order valence-corrected chi connectivity index (χ4v) is 5.02. The van der Waals surface area contributed by atoms with Crippen molar-refractivity contribution in [3.05, 3.63) is 40.3 Å². The minimum absolute atomic E-state index is 0.101. The number of hydrogen-bond donors (Lipinski definition) is 2. The Hall–Kier alpha value is -2.85. The number of benzene rings is 1. The first-order valence-electron chi connectivity index (χ1n) is 10.5. The van der Waals surface area contributed by atoms with E-state index in [1.54, 1.807) is 4.57 Å². The summed E-state index contributed by atoms with van der Waals surface area (Å²) in [5.41, 5.74) is 2.70. The van der Waals surface area contributed by atoms with Crippen molar-refractivity contribution in [2.75, 3.05) is 17.7 Å². The third-order valence-electron chi connectivity index (χ3n) is 4.82. The highest BCUT2D eigenvalue weighted by molar-refractivity contribution is 7.99. The van der Waals surface area contributed by atoms with Gasteiger partial charge in [0.25, 0.3) is 5.56 Å². The number of thiazole rings is 1. The van der Waals surface area contributed by atoms with Crippen molar-refractivity contribution >= 4 is 55.4 Å². The molecule has 1 aromatic carbocycles. The van der Waals surface area contributed by atoms with E-state index in [0.717, 1.165) is 34.5 Å². The van der Waals surface area contributed by atoms with E-state index < -0.39 is 0 Å². The van der Waals surface area contributed by atoms with Crippen molar-refractivity contribution in [1.29, 1.82) is 0 Å². The van der Waals surface area contributed by atoms with E-state index in [2.05, 4.69) is 27.2 Å². The van der Waals surface area contributed by atoms with Crippen LogP contribution in [-0.4, -0.2) is 37.8 Å². The average molecular weight is 472 g/mol. The van der Waals surface area contributed by atoms with Crippen LogP contribution in [0.5, 0.6) is 5.75 Å². The number of aromatic amines is 1. The van der Waals surface area contributed by atoms with Crippen molar-refractivity contribution in [1.82, 2.24) is 19.5 Å². The summed E-state index contributed by atoms with van der Waals surface area (Å²) < 4.78 is 8.14. The van der Waals surface area contributed by atoms with Gasteiger partial charge in [-0.15, -0.1) is 0 Å². The molecule has 0 radical (unpaired) electrons. The molecule has 8 nitrogen and oxygen atoms in total. The molecule has 4 rings (SSSR count). The molecule has 0 saturated heterocycles. The molecule has 0 unspecified atom stereocenters. The Balaban J connectivity index is 1.49. The van der Waals surface area contributed by atoms with Crippen LogP contribution < -0.4 is 15.6 Å². The topological polar surface area (TPSA) is 102 Å². The van der Waals surface area contributed by atoms with Crippen molar-refractivity contribution in [3.8, 4) is 5.75 Å². The summed E-state index contributed by atoms with van der Waals surface area (Å²) >= 11 is 2.67. The third kappa shape index (κ3) is 4.81. The number of carbonyl (C=O) groups excluding carboxylic acids is 1. The average Bonchev–Trinajstić information content (AvgIpc) is 3.33. The largest absolute Gasteiger partial charge is 0.494 e. The van der Waals surface area contributed by atoms with Crippen LogP contribution >= 0.6 is 23.1 Å². The van der Waals surface area contributed by atoms with Gasteiger partial charge in [0.1, 0.15) is 11.3 Å². The highest BCUT2D eigenvalue weighted by Crippen LogP contribution is 2.29. The van der Waals surface area contributed by atoms with Gasteiger partial charge in [-0.2, -0.15) is 0 Å². The van der Waals surface area contributed by atoms with E-state index in [-0.39, 0.29) is 17.2 Å². The molecule has 1 amide bonds. The van der Waals surface area contributed by atoms with Gasteiger partial charge in [-0.3, -0.25) is 14.2 Å². The van der Waals surface area contributed by atoms with Crippen LogP contribution in [0, 0.1) is 6.92 Å². The lowest BCUT2D eigenvalue weighted by molar-refractivity contribution is -0.113. The number of hydrogen-bond acceptors (Lipinski definition) is 7. The second-order valence-electron chi connectivity index (χ2n) is 7.34. The normalized spacial score (nSPS) is 11.3. The molecule has 0 bridgehead atoms. The molecule has 168 valence electrons. The number of nitrogens with zero attached hydrogens (tertiary/aromatic N) is 3. The maximum absolute atomic E-state index is 12.9. The molecule has 0 aliphatic heterocycles. The highest BCUT2D eigenvalue weighted by Gasteiger charge is 2.15. The van der Waals surface area contributed by atoms with Crippen LogP contribution in [-0.2, 0) is 11.3 Å². The number of anilines is 1. The first-order valence-corrected chi connectivity index (χ1v) is 12.3. The minimum Gasteiger partial charge on any atom is -0.494 e. The Bertz CT molecular complexity index is 1320. The molecule has 3 heterocycles. The summed E-state index contributed by atoms with van der Waals surface area (Å²) in [6.07, 6.45) is 1.82. The van der Waals surface area contributed by atoms with Crippen LogP contribution in [0.1, 0.15) is 32.4 Å². The molecule has 0 spiro atoms. The van der Waals surface area contributed by atoms with E-state index >= 15 is 0 Å². The van der Waals surface area contributed by atoms with Gasteiger partial charge in [-0.1, -0.05) is 36.4 Å². The summed E-state index contributed by atoms with van der Waals surface area (Å²) in [5, 5.41) is 3.94. The number of thioether (sulfide) groups is 1. The van der Waals surface area contributed by atoms with Crippen molar-refractivity contribution in [2.45, 2.75) is 45.3 Å². The predicted octanol–water partition coefficient (Wildman–Crippen LogP) is 4.57. The Kier molecular flexibility index (Phi) is 6.80. The molecular formula is C22H25N5O3S2. The number of nitrogens with one attached hydrogen (secondary N) is 2. The first kappa shape index (κ1) is 22.3. The van der Waals surface area contributed by atoms with Crippen LogP contribution in [0.3, 0.4) is 0 Å². The second kappa shape index (κ2) is 9.74. The molecule has 32 heavy (non-hydrogen) atoms. The Morgan fingerprint density at radius 1 is 1.25 bits per heavy atom.